The van der Waals surface area contributed by atoms with E-state index in [0.29, 0.717) is 10.9 Å². The molecule has 0 bridgehead atoms. The summed E-state index contributed by atoms with van der Waals surface area (Å²) in [6.45, 7) is 1.64. The van der Waals surface area contributed by atoms with Crippen molar-refractivity contribution >= 4 is 39.9 Å². The van der Waals surface area contributed by atoms with Crippen molar-refractivity contribution < 1.29 is 4.79 Å². The van der Waals surface area contributed by atoms with Crippen molar-refractivity contribution in [3.8, 4) is 0 Å². The maximum absolute atomic E-state index is 12.8. The minimum atomic E-state index is 0.119. The molecular weight excluding hydrogens is 324 g/mol. The van der Waals surface area contributed by atoms with E-state index < -0.39 is 0 Å². The van der Waals surface area contributed by atoms with Crippen LogP contribution in [0.15, 0.2) is 47.8 Å². The molecule has 1 fully saturated rings. The summed E-state index contributed by atoms with van der Waals surface area (Å²) in [6, 6.07) is 14.3. The van der Waals surface area contributed by atoms with Gasteiger partial charge < -0.3 is 9.88 Å². The van der Waals surface area contributed by atoms with Gasteiger partial charge in [-0.3, -0.25) is 4.79 Å². The molecule has 3 aromatic rings. The van der Waals surface area contributed by atoms with Gasteiger partial charge in [-0.15, -0.1) is 11.3 Å². The molecule has 1 aromatic carbocycles. The van der Waals surface area contributed by atoms with Crippen LogP contribution in [0.2, 0.25) is 0 Å². The number of rotatable bonds is 2. The van der Waals surface area contributed by atoms with E-state index in [1.54, 1.807) is 0 Å². The van der Waals surface area contributed by atoms with E-state index in [-0.39, 0.29) is 5.91 Å². The number of aromatic nitrogens is 1. The lowest BCUT2D eigenvalue weighted by Crippen LogP contribution is -2.33. The fourth-order valence-electron chi connectivity index (χ4n) is 3.03. The van der Waals surface area contributed by atoms with Crippen LogP contribution in [0.1, 0.15) is 27.0 Å². The summed E-state index contributed by atoms with van der Waals surface area (Å²) in [5.74, 6) is 1.11. The predicted octanol–water partition coefficient (Wildman–Crippen LogP) is 4.55. The van der Waals surface area contributed by atoms with Gasteiger partial charge in [0.05, 0.1) is 0 Å². The summed E-state index contributed by atoms with van der Waals surface area (Å²) in [5.41, 5.74) is 1.72. The molecule has 3 nitrogen and oxygen atoms in total. The van der Waals surface area contributed by atoms with Gasteiger partial charge in [-0.1, -0.05) is 24.3 Å². The van der Waals surface area contributed by atoms with Crippen LogP contribution in [0.25, 0.3) is 10.9 Å². The van der Waals surface area contributed by atoms with Crippen LogP contribution in [0.5, 0.6) is 0 Å². The van der Waals surface area contributed by atoms with Crippen LogP contribution >= 0.6 is 23.1 Å². The van der Waals surface area contributed by atoms with Crippen molar-refractivity contribution in [2.24, 2.45) is 0 Å². The summed E-state index contributed by atoms with van der Waals surface area (Å²) < 4.78 is 0. The fourth-order valence-corrected chi connectivity index (χ4v) is 5.27. The predicted molar refractivity (Wildman–Crippen MR) is 98.3 cm³/mol. The van der Waals surface area contributed by atoms with E-state index in [1.807, 2.05) is 58.3 Å². The first kappa shape index (κ1) is 14.8. The Bertz CT molecular complexity index is 776. The molecule has 118 valence electrons. The van der Waals surface area contributed by atoms with Gasteiger partial charge in [0.1, 0.15) is 5.69 Å². The van der Waals surface area contributed by atoms with Crippen LogP contribution in [-0.2, 0) is 0 Å². The molecule has 0 radical (unpaired) electrons. The molecule has 3 heterocycles. The first-order valence-electron chi connectivity index (χ1n) is 7.83. The third kappa shape index (κ3) is 3.03. The zero-order valence-corrected chi connectivity index (χ0v) is 14.3. The smallest absolute Gasteiger partial charge is 0.270 e. The number of para-hydroxylation sites is 1. The maximum atomic E-state index is 12.8. The van der Waals surface area contributed by atoms with Crippen molar-refractivity contribution in [1.82, 2.24) is 9.88 Å². The first-order chi connectivity index (χ1) is 11.3. The monoisotopic (exact) mass is 342 g/mol. The number of amides is 1. The molecule has 1 atom stereocenters. The Labute approximate surface area is 143 Å². The second kappa shape index (κ2) is 6.42. The molecule has 4 rings (SSSR count). The number of thioether (sulfide) groups is 1. The Hall–Kier alpha value is -1.72. The quantitative estimate of drug-likeness (QED) is 0.742. The van der Waals surface area contributed by atoms with E-state index in [4.69, 9.17) is 0 Å². The largest absolute Gasteiger partial charge is 0.351 e. The minimum absolute atomic E-state index is 0.119. The lowest BCUT2D eigenvalue weighted by Gasteiger charge is -2.19. The number of carbonyl (C=O) groups excluding carboxylic acids is 1. The molecule has 1 N–H and O–H groups in total. The number of H-pyrrole nitrogens is 1. The zero-order valence-electron chi connectivity index (χ0n) is 12.7. The number of nitrogens with one attached hydrogen (secondary N) is 1. The topological polar surface area (TPSA) is 36.1 Å². The number of aromatic amines is 1. The lowest BCUT2D eigenvalue weighted by molar-refractivity contribution is 0.0762. The van der Waals surface area contributed by atoms with Gasteiger partial charge in [-0.25, -0.2) is 0 Å². The van der Waals surface area contributed by atoms with Crippen molar-refractivity contribution in [1.29, 1.82) is 0 Å². The van der Waals surface area contributed by atoms with Gasteiger partial charge in [0.2, 0.25) is 0 Å². The van der Waals surface area contributed by atoms with Crippen molar-refractivity contribution in [2.45, 2.75) is 11.7 Å². The molecule has 2 aromatic heterocycles. The Morgan fingerprint density at radius 3 is 2.91 bits per heavy atom. The summed E-state index contributed by atoms with van der Waals surface area (Å²) >= 11 is 3.79. The average molecular weight is 342 g/mol. The van der Waals surface area contributed by atoms with E-state index in [1.165, 1.54) is 4.88 Å². The minimum Gasteiger partial charge on any atom is -0.351 e. The molecule has 0 aliphatic carbocycles. The SMILES string of the molecule is O=C(c1cc2ccccc2[nH]1)N1CCS[C@H](c2cccs2)CC1. The molecule has 1 amide bonds. The highest BCUT2D eigenvalue weighted by molar-refractivity contribution is 7.99. The van der Waals surface area contributed by atoms with Crippen molar-refractivity contribution in [3.63, 3.8) is 0 Å². The maximum Gasteiger partial charge on any atom is 0.270 e. The molecule has 1 aliphatic rings. The van der Waals surface area contributed by atoms with E-state index in [0.717, 1.165) is 36.2 Å². The van der Waals surface area contributed by atoms with Crippen LogP contribution in [0.4, 0.5) is 0 Å². The average Bonchev–Trinajstić information content (AvgIpc) is 3.19. The Morgan fingerprint density at radius 2 is 2.09 bits per heavy atom. The summed E-state index contributed by atoms with van der Waals surface area (Å²) in [4.78, 5) is 19.5. The Balaban J connectivity index is 1.50. The van der Waals surface area contributed by atoms with E-state index in [2.05, 4.69) is 22.5 Å². The third-order valence-corrected chi connectivity index (χ3v) is 6.70. The lowest BCUT2D eigenvalue weighted by atomic mass is 10.2. The van der Waals surface area contributed by atoms with Crippen molar-refractivity contribution in [2.75, 3.05) is 18.8 Å². The molecule has 23 heavy (non-hydrogen) atoms. The standard InChI is InChI=1S/C18H18N2OS2/c21-18(15-12-13-4-1-2-5-14(13)19-15)20-8-7-17(23-11-9-20)16-6-3-10-22-16/h1-6,10,12,17,19H,7-9,11H2/t17-/m0/s1. The number of nitrogens with zero attached hydrogens (tertiary/aromatic N) is 1. The number of hydrogen-bond acceptors (Lipinski definition) is 3. The highest BCUT2D eigenvalue weighted by atomic mass is 32.2. The van der Waals surface area contributed by atoms with Gasteiger partial charge in [-0.05, 0) is 30.0 Å². The molecule has 0 saturated carbocycles. The molecule has 5 heteroatoms. The number of carbonyl (C=O) groups is 1. The van der Waals surface area contributed by atoms with Gasteiger partial charge >= 0.3 is 0 Å². The second-order valence-corrected chi connectivity index (χ2v) is 8.02. The van der Waals surface area contributed by atoms with Gasteiger partial charge in [-0.2, -0.15) is 11.8 Å². The fraction of sp³-hybridized carbons (Fsp3) is 0.278. The highest BCUT2D eigenvalue weighted by Gasteiger charge is 2.24. The van der Waals surface area contributed by atoms with Crippen molar-refractivity contribution in [3.05, 3.63) is 58.4 Å². The zero-order chi connectivity index (χ0) is 15.6. The number of hydrogen-bond donors (Lipinski definition) is 1. The van der Waals surface area contributed by atoms with Gasteiger partial charge in [0.15, 0.2) is 0 Å². The number of benzene rings is 1. The number of thiophene rings is 1. The van der Waals surface area contributed by atoms with Crippen LogP contribution in [0, 0.1) is 0 Å². The normalized spacial score (nSPS) is 19.0. The Kier molecular flexibility index (Phi) is 4.14. The molecule has 1 aliphatic heterocycles. The van der Waals surface area contributed by atoms with Crippen LogP contribution in [-0.4, -0.2) is 34.6 Å². The number of fused-ring (bicyclic) bond motifs is 1. The molecule has 0 unspecified atom stereocenters. The van der Waals surface area contributed by atoms with Crippen LogP contribution in [0.3, 0.4) is 0 Å². The first-order valence-corrected chi connectivity index (χ1v) is 9.76. The summed E-state index contributed by atoms with van der Waals surface area (Å²) in [5, 5.41) is 3.75. The third-order valence-electron chi connectivity index (χ3n) is 4.25. The molecular formula is C18H18N2OS2. The molecule has 0 spiro atoms. The van der Waals surface area contributed by atoms with E-state index in [9.17, 15) is 4.79 Å². The Morgan fingerprint density at radius 1 is 1.17 bits per heavy atom. The van der Waals surface area contributed by atoms with Crippen LogP contribution < -0.4 is 0 Å². The summed E-state index contributed by atoms with van der Waals surface area (Å²) in [6.07, 6.45) is 1.02. The highest BCUT2D eigenvalue weighted by Crippen LogP contribution is 2.36. The summed E-state index contributed by atoms with van der Waals surface area (Å²) in [7, 11) is 0. The van der Waals surface area contributed by atoms with Gasteiger partial charge in [0, 0.05) is 39.9 Å². The van der Waals surface area contributed by atoms with Gasteiger partial charge in [0.25, 0.3) is 5.91 Å². The molecule has 1 saturated heterocycles. The second-order valence-electron chi connectivity index (χ2n) is 5.73. The van der Waals surface area contributed by atoms with E-state index >= 15 is 0 Å².